The lowest BCUT2D eigenvalue weighted by atomic mass is 9.87. The minimum Gasteiger partial charge on any atom is -0.0783 e. The molecule has 0 radical (unpaired) electrons. The summed E-state index contributed by atoms with van der Waals surface area (Å²) in [5.74, 6) is 0. The fourth-order valence-corrected chi connectivity index (χ4v) is 1.61. The summed E-state index contributed by atoms with van der Waals surface area (Å²) >= 11 is 0. The van der Waals surface area contributed by atoms with Crippen molar-refractivity contribution in [2.45, 2.75) is 33.6 Å². The van der Waals surface area contributed by atoms with Gasteiger partial charge in [0.05, 0.1) is 0 Å². The second kappa shape index (κ2) is 4.99. The first kappa shape index (κ1) is 11.0. The second-order valence-electron chi connectivity index (χ2n) is 4.48. The van der Waals surface area contributed by atoms with Gasteiger partial charge in [0.2, 0.25) is 0 Å². The van der Waals surface area contributed by atoms with Gasteiger partial charge in [-0.25, -0.2) is 0 Å². The van der Waals surface area contributed by atoms with Gasteiger partial charge < -0.3 is 0 Å². The van der Waals surface area contributed by atoms with Crippen LogP contribution in [0.4, 0.5) is 0 Å². The third-order valence-corrected chi connectivity index (χ3v) is 2.42. The van der Waals surface area contributed by atoms with Crippen LogP contribution < -0.4 is 0 Å². The highest BCUT2D eigenvalue weighted by Crippen LogP contribution is 2.24. The van der Waals surface area contributed by atoms with E-state index in [0.29, 0.717) is 5.41 Å². The summed E-state index contributed by atoms with van der Waals surface area (Å²) in [4.78, 5) is 0. The minimum atomic E-state index is 0.324. The van der Waals surface area contributed by atoms with Crippen molar-refractivity contribution in [1.82, 2.24) is 0 Å². The van der Waals surface area contributed by atoms with Gasteiger partial charge in [-0.15, -0.1) is 0 Å². The average Bonchev–Trinajstić information content (AvgIpc) is 2.17. The van der Waals surface area contributed by atoms with Crippen LogP contribution in [0, 0.1) is 5.41 Å². The molecule has 0 aromatic heterocycles. The van der Waals surface area contributed by atoms with E-state index >= 15 is 0 Å². The predicted octanol–water partition coefficient (Wildman–Crippen LogP) is 4.53. The van der Waals surface area contributed by atoms with Gasteiger partial charge in [0.15, 0.2) is 0 Å². The Morgan fingerprint density at radius 2 is 1.79 bits per heavy atom. The van der Waals surface area contributed by atoms with E-state index in [1.165, 1.54) is 18.4 Å². The maximum Gasteiger partial charge on any atom is -0.0172 e. The summed E-state index contributed by atoms with van der Waals surface area (Å²) in [6, 6.07) is 10.5. The lowest BCUT2D eigenvalue weighted by molar-refractivity contribution is 0.434. The quantitative estimate of drug-likeness (QED) is 0.651. The van der Waals surface area contributed by atoms with Crippen LogP contribution in [0.15, 0.2) is 36.4 Å². The fraction of sp³-hybridized carbons (Fsp3) is 0.429. The Morgan fingerprint density at radius 3 is 2.36 bits per heavy atom. The molecule has 0 heterocycles. The van der Waals surface area contributed by atoms with Crippen LogP contribution in [0.3, 0.4) is 0 Å². The summed E-state index contributed by atoms with van der Waals surface area (Å²) in [7, 11) is 0. The van der Waals surface area contributed by atoms with Crippen molar-refractivity contribution in [1.29, 1.82) is 0 Å². The van der Waals surface area contributed by atoms with E-state index in [0.717, 1.165) is 0 Å². The van der Waals surface area contributed by atoms with Crippen molar-refractivity contribution < 1.29 is 0 Å². The van der Waals surface area contributed by atoms with Gasteiger partial charge in [-0.1, -0.05) is 69.7 Å². The van der Waals surface area contributed by atoms with Gasteiger partial charge in [0, 0.05) is 0 Å². The molecule has 14 heavy (non-hydrogen) atoms. The van der Waals surface area contributed by atoms with Crippen LogP contribution in [0.1, 0.15) is 39.2 Å². The smallest absolute Gasteiger partial charge is 0.0172 e. The summed E-state index contributed by atoms with van der Waals surface area (Å²) < 4.78 is 0. The molecule has 0 aliphatic carbocycles. The molecule has 0 saturated heterocycles. The van der Waals surface area contributed by atoms with Crippen molar-refractivity contribution in [3.63, 3.8) is 0 Å². The molecule has 0 nitrogen and oxygen atoms in total. The zero-order chi connectivity index (χ0) is 10.4. The number of hydrogen-bond donors (Lipinski definition) is 0. The average molecular weight is 188 g/mol. The maximum atomic E-state index is 2.31. The summed E-state index contributed by atoms with van der Waals surface area (Å²) in [6.07, 6.45) is 7.02. The Kier molecular flexibility index (Phi) is 3.94. The largest absolute Gasteiger partial charge is 0.0783 e. The molecule has 0 unspecified atom stereocenters. The first-order valence-electron chi connectivity index (χ1n) is 5.38. The van der Waals surface area contributed by atoms with E-state index < -0.39 is 0 Å². The molecular formula is C14H20. The Bertz CT molecular complexity index is 280. The lowest BCUT2D eigenvalue weighted by Gasteiger charge is -2.18. The van der Waals surface area contributed by atoms with E-state index in [9.17, 15) is 0 Å². The zero-order valence-electron chi connectivity index (χ0n) is 9.46. The minimum absolute atomic E-state index is 0.324. The van der Waals surface area contributed by atoms with Gasteiger partial charge >= 0.3 is 0 Å². The molecule has 0 aliphatic rings. The Hall–Kier alpha value is -1.04. The van der Waals surface area contributed by atoms with Gasteiger partial charge in [-0.2, -0.15) is 0 Å². The summed E-state index contributed by atoms with van der Waals surface area (Å²) in [5, 5.41) is 0. The van der Waals surface area contributed by atoms with Crippen molar-refractivity contribution in [3.05, 3.63) is 42.0 Å². The van der Waals surface area contributed by atoms with Gasteiger partial charge in [0.25, 0.3) is 0 Å². The van der Waals surface area contributed by atoms with E-state index in [2.05, 4.69) is 63.3 Å². The van der Waals surface area contributed by atoms with Crippen molar-refractivity contribution in [2.75, 3.05) is 0 Å². The molecule has 0 saturated carbocycles. The monoisotopic (exact) mass is 188 g/mol. The van der Waals surface area contributed by atoms with E-state index in [-0.39, 0.29) is 0 Å². The number of rotatable bonds is 4. The van der Waals surface area contributed by atoms with Crippen molar-refractivity contribution in [3.8, 4) is 0 Å². The van der Waals surface area contributed by atoms with Crippen LogP contribution >= 0.6 is 0 Å². The summed E-state index contributed by atoms with van der Waals surface area (Å²) in [6.45, 7) is 6.81. The highest BCUT2D eigenvalue weighted by Gasteiger charge is 2.11. The highest BCUT2D eigenvalue weighted by atomic mass is 14.2. The molecule has 0 amide bonds. The Morgan fingerprint density at radius 1 is 1.14 bits per heavy atom. The molecule has 1 rings (SSSR count). The Balaban J connectivity index is 2.64. The maximum absolute atomic E-state index is 2.31. The SMILES string of the molecule is CCCC(C)(C)/C=C\c1ccccc1. The molecule has 0 heteroatoms. The Labute approximate surface area is 87.7 Å². The van der Waals surface area contributed by atoms with E-state index in [1.807, 2.05) is 0 Å². The van der Waals surface area contributed by atoms with Gasteiger partial charge in [-0.3, -0.25) is 0 Å². The van der Waals surface area contributed by atoms with Gasteiger partial charge in [0.1, 0.15) is 0 Å². The lowest BCUT2D eigenvalue weighted by Crippen LogP contribution is -2.05. The molecule has 76 valence electrons. The number of allylic oxidation sites excluding steroid dienone is 1. The van der Waals surface area contributed by atoms with Crippen LogP contribution in [-0.2, 0) is 0 Å². The van der Waals surface area contributed by atoms with E-state index in [1.54, 1.807) is 0 Å². The van der Waals surface area contributed by atoms with Gasteiger partial charge in [-0.05, 0) is 17.4 Å². The normalized spacial score (nSPS) is 12.2. The first-order valence-corrected chi connectivity index (χ1v) is 5.38. The molecule has 0 fully saturated rings. The predicted molar refractivity (Wildman–Crippen MR) is 64.2 cm³/mol. The fourth-order valence-electron chi connectivity index (χ4n) is 1.61. The molecule has 0 spiro atoms. The van der Waals surface area contributed by atoms with Crippen LogP contribution in [-0.4, -0.2) is 0 Å². The standard InChI is InChI=1S/C14H20/c1-4-11-14(2,3)12-10-13-8-6-5-7-9-13/h5-10,12H,4,11H2,1-3H3/b12-10-. The van der Waals surface area contributed by atoms with Crippen LogP contribution in [0.25, 0.3) is 6.08 Å². The van der Waals surface area contributed by atoms with Crippen LogP contribution in [0.2, 0.25) is 0 Å². The highest BCUT2D eigenvalue weighted by molar-refractivity contribution is 5.49. The van der Waals surface area contributed by atoms with Crippen LogP contribution in [0.5, 0.6) is 0 Å². The third kappa shape index (κ3) is 3.78. The molecule has 1 aromatic rings. The zero-order valence-corrected chi connectivity index (χ0v) is 9.46. The van der Waals surface area contributed by atoms with Crippen molar-refractivity contribution >= 4 is 6.08 Å². The molecule has 0 atom stereocenters. The first-order chi connectivity index (χ1) is 6.64. The molecule has 1 aromatic carbocycles. The number of benzene rings is 1. The third-order valence-electron chi connectivity index (χ3n) is 2.42. The number of hydrogen-bond acceptors (Lipinski definition) is 0. The molecule has 0 aliphatic heterocycles. The molecular weight excluding hydrogens is 168 g/mol. The second-order valence-corrected chi connectivity index (χ2v) is 4.48. The van der Waals surface area contributed by atoms with Crippen molar-refractivity contribution in [2.24, 2.45) is 5.41 Å². The molecule has 0 N–H and O–H groups in total. The summed E-state index contributed by atoms with van der Waals surface area (Å²) in [5.41, 5.74) is 1.61. The topological polar surface area (TPSA) is 0 Å². The van der Waals surface area contributed by atoms with E-state index in [4.69, 9.17) is 0 Å². The molecule has 0 bridgehead atoms.